The third-order valence-electron chi connectivity index (χ3n) is 2.35. The number of benzene rings is 1. The van der Waals surface area contributed by atoms with E-state index in [9.17, 15) is 9.18 Å². The maximum absolute atomic E-state index is 13.0. The molecule has 0 heterocycles. The number of halogens is 1. The standard InChI is InChI=1S/C12H16FNO3/c1-2-10(12(15)16)17-11-4-3-9(13)7-8(11)5-6-14/h3-4,7,10H,2,5-6,14H2,1H3,(H,15,16). The molecule has 3 N–H and O–H groups in total. The van der Waals surface area contributed by atoms with Gasteiger partial charge in [0, 0.05) is 0 Å². The van der Waals surface area contributed by atoms with E-state index >= 15 is 0 Å². The molecule has 1 atom stereocenters. The molecular weight excluding hydrogens is 225 g/mol. The molecule has 4 nitrogen and oxygen atoms in total. The van der Waals surface area contributed by atoms with Crippen LogP contribution in [0, 0.1) is 5.82 Å². The highest BCUT2D eigenvalue weighted by molar-refractivity contribution is 5.72. The lowest BCUT2D eigenvalue weighted by Crippen LogP contribution is -2.26. The molecule has 0 spiro atoms. The second kappa shape index (κ2) is 6.20. The molecule has 0 aromatic heterocycles. The first kappa shape index (κ1) is 13.4. The van der Waals surface area contributed by atoms with Crippen LogP contribution < -0.4 is 10.5 Å². The third-order valence-corrected chi connectivity index (χ3v) is 2.35. The summed E-state index contributed by atoms with van der Waals surface area (Å²) in [6, 6.07) is 3.99. The second-order valence-electron chi connectivity index (χ2n) is 3.64. The van der Waals surface area contributed by atoms with Crippen molar-refractivity contribution in [2.75, 3.05) is 6.54 Å². The fourth-order valence-corrected chi connectivity index (χ4v) is 1.48. The Morgan fingerprint density at radius 1 is 1.59 bits per heavy atom. The highest BCUT2D eigenvalue weighted by Crippen LogP contribution is 2.22. The van der Waals surface area contributed by atoms with Crippen molar-refractivity contribution in [3.63, 3.8) is 0 Å². The number of rotatable bonds is 6. The van der Waals surface area contributed by atoms with Crippen LogP contribution in [-0.2, 0) is 11.2 Å². The zero-order chi connectivity index (χ0) is 12.8. The van der Waals surface area contributed by atoms with Gasteiger partial charge in [-0.25, -0.2) is 9.18 Å². The van der Waals surface area contributed by atoms with Gasteiger partial charge in [-0.1, -0.05) is 6.92 Å². The van der Waals surface area contributed by atoms with Crippen molar-refractivity contribution in [3.05, 3.63) is 29.6 Å². The van der Waals surface area contributed by atoms with Crippen molar-refractivity contribution >= 4 is 5.97 Å². The molecule has 5 heteroatoms. The van der Waals surface area contributed by atoms with Gasteiger partial charge in [0.15, 0.2) is 6.10 Å². The van der Waals surface area contributed by atoms with Gasteiger partial charge in [-0.15, -0.1) is 0 Å². The van der Waals surface area contributed by atoms with Gasteiger partial charge in [0.1, 0.15) is 11.6 Å². The zero-order valence-electron chi connectivity index (χ0n) is 9.65. The second-order valence-corrected chi connectivity index (χ2v) is 3.64. The van der Waals surface area contributed by atoms with Crippen LogP contribution in [0.2, 0.25) is 0 Å². The summed E-state index contributed by atoms with van der Waals surface area (Å²) < 4.78 is 18.4. The van der Waals surface area contributed by atoms with Crippen LogP contribution >= 0.6 is 0 Å². The molecule has 17 heavy (non-hydrogen) atoms. The van der Waals surface area contributed by atoms with Crippen LogP contribution in [0.3, 0.4) is 0 Å². The Hall–Kier alpha value is -1.62. The summed E-state index contributed by atoms with van der Waals surface area (Å²) in [6.07, 6.45) is -0.130. The Labute approximate surface area is 99.2 Å². The van der Waals surface area contributed by atoms with E-state index in [4.69, 9.17) is 15.6 Å². The van der Waals surface area contributed by atoms with Crippen molar-refractivity contribution in [2.45, 2.75) is 25.9 Å². The van der Waals surface area contributed by atoms with Gasteiger partial charge in [-0.2, -0.15) is 0 Å². The molecular formula is C12H16FNO3. The SMILES string of the molecule is CCC(Oc1ccc(F)cc1CCN)C(=O)O. The molecule has 0 saturated heterocycles. The molecule has 0 aliphatic heterocycles. The van der Waals surface area contributed by atoms with E-state index in [1.807, 2.05) is 0 Å². The minimum atomic E-state index is -1.03. The molecule has 0 bridgehead atoms. The molecule has 1 rings (SSSR count). The maximum atomic E-state index is 13.0. The Kier molecular flexibility index (Phi) is 4.90. The predicted octanol–water partition coefficient (Wildman–Crippen LogP) is 1.57. The van der Waals surface area contributed by atoms with E-state index in [0.717, 1.165) is 0 Å². The van der Waals surface area contributed by atoms with E-state index in [0.29, 0.717) is 30.7 Å². The smallest absolute Gasteiger partial charge is 0.344 e. The lowest BCUT2D eigenvalue weighted by atomic mass is 10.1. The molecule has 0 aliphatic carbocycles. The summed E-state index contributed by atoms with van der Waals surface area (Å²) in [4.78, 5) is 10.8. The van der Waals surface area contributed by atoms with Gasteiger partial charge < -0.3 is 15.6 Å². The van der Waals surface area contributed by atoms with Crippen molar-refractivity contribution in [1.82, 2.24) is 0 Å². The number of nitrogens with two attached hydrogens (primary N) is 1. The zero-order valence-corrected chi connectivity index (χ0v) is 9.65. The monoisotopic (exact) mass is 241 g/mol. The number of aliphatic carboxylic acids is 1. The molecule has 1 unspecified atom stereocenters. The minimum absolute atomic E-state index is 0.342. The van der Waals surface area contributed by atoms with Crippen LogP contribution in [0.25, 0.3) is 0 Å². The Morgan fingerprint density at radius 3 is 2.82 bits per heavy atom. The van der Waals surface area contributed by atoms with Crippen LogP contribution in [0.5, 0.6) is 5.75 Å². The first-order valence-corrected chi connectivity index (χ1v) is 5.46. The number of carboxylic acid groups (broad SMARTS) is 1. The van der Waals surface area contributed by atoms with Crippen LogP contribution in [0.15, 0.2) is 18.2 Å². The molecule has 94 valence electrons. The van der Waals surface area contributed by atoms with Gasteiger partial charge in [0.25, 0.3) is 0 Å². The topological polar surface area (TPSA) is 72.5 Å². The average molecular weight is 241 g/mol. The van der Waals surface area contributed by atoms with E-state index in [1.54, 1.807) is 6.92 Å². The molecule has 0 saturated carbocycles. The minimum Gasteiger partial charge on any atom is -0.479 e. The lowest BCUT2D eigenvalue weighted by molar-refractivity contribution is -0.145. The quantitative estimate of drug-likeness (QED) is 0.793. The highest BCUT2D eigenvalue weighted by Gasteiger charge is 2.18. The first-order valence-electron chi connectivity index (χ1n) is 5.46. The molecule has 1 aromatic carbocycles. The van der Waals surface area contributed by atoms with E-state index in [-0.39, 0.29) is 5.82 Å². The summed E-state index contributed by atoms with van der Waals surface area (Å²) in [5.74, 6) is -1.04. The Balaban J connectivity index is 2.92. The predicted molar refractivity (Wildman–Crippen MR) is 61.5 cm³/mol. The third kappa shape index (κ3) is 3.71. The number of hydrogen-bond donors (Lipinski definition) is 2. The van der Waals surface area contributed by atoms with Crippen molar-refractivity contribution in [2.24, 2.45) is 5.73 Å². The van der Waals surface area contributed by atoms with Crippen LogP contribution in [0.4, 0.5) is 4.39 Å². The normalized spacial score (nSPS) is 12.2. The number of ether oxygens (including phenoxy) is 1. The largest absolute Gasteiger partial charge is 0.479 e. The number of hydrogen-bond acceptors (Lipinski definition) is 3. The fraction of sp³-hybridized carbons (Fsp3) is 0.417. The van der Waals surface area contributed by atoms with E-state index < -0.39 is 12.1 Å². The maximum Gasteiger partial charge on any atom is 0.344 e. The van der Waals surface area contributed by atoms with Crippen molar-refractivity contribution in [1.29, 1.82) is 0 Å². The summed E-state index contributed by atoms with van der Waals surface area (Å²) in [5.41, 5.74) is 6.00. The van der Waals surface area contributed by atoms with Crippen LogP contribution in [-0.4, -0.2) is 23.7 Å². The van der Waals surface area contributed by atoms with E-state index in [1.165, 1.54) is 18.2 Å². The summed E-state index contributed by atoms with van der Waals surface area (Å²) in [7, 11) is 0. The molecule has 0 fully saturated rings. The summed E-state index contributed by atoms with van der Waals surface area (Å²) >= 11 is 0. The fourth-order valence-electron chi connectivity index (χ4n) is 1.48. The van der Waals surface area contributed by atoms with Gasteiger partial charge in [0.05, 0.1) is 0 Å². The average Bonchev–Trinajstić information content (AvgIpc) is 2.28. The van der Waals surface area contributed by atoms with E-state index in [2.05, 4.69) is 0 Å². The van der Waals surface area contributed by atoms with Gasteiger partial charge in [-0.3, -0.25) is 0 Å². The lowest BCUT2D eigenvalue weighted by Gasteiger charge is -2.16. The van der Waals surface area contributed by atoms with Crippen molar-refractivity contribution in [3.8, 4) is 5.75 Å². The van der Waals surface area contributed by atoms with Gasteiger partial charge in [0.2, 0.25) is 0 Å². The highest BCUT2D eigenvalue weighted by atomic mass is 19.1. The van der Waals surface area contributed by atoms with Gasteiger partial charge in [-0.05, 0) is 43.1 Å². The van der Waals surface area contributed by atoms with Crippen molar-refractivity contribution < 1.29 is 19.0 Å². The number of carboxylic acids is 1. The van der Waals surface area contributed by atoms with Gasteiger partial charge >= 0.3 is 5.97 Å². The molecule has 0 aliphatic rings. The summed E-state index contributed by atoms with van der Waals surface area (Å²) in [6.45, 7) is 2.06. The molecule has 0 amide bonds. The summed E-state index contributed by atoms with van der Waals surface area (Å²) in [5, 5.41) is 8.89. The first-order chi connectivity index (χ1) is 8.08. The Bertz CT molecular complexity index is 395. The Morgan fingerprint density at radius 2 is 2.29 bits per heavy atom. The molecule has 1 aromatic rings. The molecule has 0 radical (unpaired) electrons. The number of carbonyl (C=O) groups is 1. The van der Waals surface area contributed by atoms with Crippen LogP contribution in [0.1, 0.15) is 18.9 Å².